The average molecular weight is 277 g/mol. The molecule has 0 aromatic heterocycles. The number of carbonyl (C=O) groups excluding carboxylic acids is 3. The van der Waals surface area contributed by atoms with Crippen molar-refractivity contribution in [1.82, 2.24) is 9.80 Å². The van der Waals surface area contributed by atoms with Crippen LogP contribution in [0, 0.1) is 0 Å². The van der Waals surface area contributed by atoms with Gasteiger partial charge >= 0.3 is 17.8 Å². The highest BCUT2D eigenvalue weighted by Gasteiger charge is 2.42. The molecular weight excluding hydrogens is 266 g/mol. The van der Waals surface area contributed by atoms with Crippen LogP contribution in [-0.4, -0.2) is 39.7 Å². The third-order valence-corrected chi connectivity index (χ3v) is 3.08. The first kappa shape index (κ1) is 13.2. The summed E-state index contributed by atoms with van der Waals surface area (Å²) in [5, 5.41) is 0. The summed E-state index contributed by atoms with van der Waals surface area (Å²) >= 11 is 4.91. The molecule has 4 amide bonds. The molecule has 19 heavy (non-hydrogen) atoms. The van der Waals surface area contributed by atoms with Gasteiger partial charge in [0.25, 0.3) is 0 Å². The molecule has 1 aromatic carbocycles. The van der Waals surface area contributed by atoms with E-state index in [2.05, 4.69) is 0 Å². The van der Waals surface area contributed by atoms with Crippen molar-refractivity contribution in [2.24, 2.45) is 5.73 Å². The largest absolute Gasteiger partial charge is 0.389 e. The average Bonchev–Trinajstić information content (AvgIpc) is 2.57. The van der Waals surface area contributed by atoms with E-state index in [-0.39, 0.29) is 11.5 Å². The van der Waals surface area contributed by atoms with Crippen LogP contribution >= 0.6 is 12.2 Å². The third-order valence-electron chi connectivity index (χ3n) is 2.86. The number of likely N-dealkylation sites (N-methyl/N-ethyl adjacent to an activating group) is 1. The number of thiocarbonyl (C=S) groups is 1. The second kappa shape index (κ2) is 4.77. The molecule has 1 aliphatic rings. The zero-order valence-electron chi connectivity index (χ0n) is 10.1. The zero-order chi connectivity index (χ0) is 14.2. The van der Waals surface area contributed by atoms with E-state index >= 15 is 0 Å². The Morgan fingerprint density at radius 1 is 1.21 bits per heavy atom. The van der Waals surface area contributed by atoms with E-state index in [1.54, 1.807) is 24.3 Å². The second-order valence-electron chi connectivity index (χ2n) is 4.06. The molecule has 0 radical (unpaired) electrons. The van der Waals surface area contributed by atoms with E-state index < -0.39 is 17.8 Å². The number of carbonyl (C=O) groups is 3. The lowest BCUT2D eigenvalue weighted by Crippen LogP contribution is -2.31. The molecule has 1 saturated heterocycles. The normalized spacial score (nSPS) is 15.3. The molecule has 2 rings (SSSR count). The van der Waals surface area contributed by atoms with Crippen LogP contribution in [-0.2, 0) is 16.1 Å². The number of urea groups is 1. The molecule has 6 nitrogen and oxygen atoms in total. The summed E-state index contributed by atoms with van der Waals surface area (Å²) in [4.78, 5) is 36.7. The molecule has 7 heteroatoms. The van der Waals surface area contributed by atoms with Gasteiger partial charge in [0.2, 0.25) is 0 Å². The number of hydrogen-bond acceptors (Lipinski definition) is 4. The van der Waals surface area contributed by atoms with Crippen molar-refractivity contribution in [2.45, 2.75) is 6.54 Å². The molecule has 0 spiro atoms. The smallest absolute Gasteiger partial charge is 0.334 e. The molecule has 2 N–H and O–H groups in total. The van der Waals surface area contributed by atoms with Crippen molar-refractivity contribution < 1.29 is 14.4 Å². The van der Waals surface area contributed by atoms with Gasteiger partial charge in [0.1, 0.15) is 4.99 Å². The number of nitrogens with zero attached hydrogens (tertiary/aromatic N) is 2. The van der Waals surface area contributed by atoms with E-state index in [1.165, 1.54) is 7.05 Å². The summed E-state index contributed by atoms with van der Waals surface area (Å²) in [5.41, 5.74) is 6.79. The molecule has 1 aliphatic heterocycles. The van der Waals surface area contributed by atoms with Gasteiger partial charge in [-0.2, -0.15) is 0 Å². The van der Waals surface area contributed by atoms with Crippen LogP contribution in [0.1, 0.15) is 11.1 Å². The van der Waals surface area contributed by atoms with Crippen molar-refractivity contribution >= 4 is 35.1 Å². The predicted molar refractivity (Wildman–Crippen MR) is 71.0 cm³/mol. The molecule has 0 bridgehead atoms. The van der Waals surface area contributed by atoms with E-state index in [1.807, 2.05) is 0 Å². The Hall–Kier alpha value is -2.28. The summed E-state index contributed by atoms with van der Waals surface area (Å²) < 4.78 is 0. The molecular formula is C12H11N3O3S. The molecule has 0 unspecified atom stereocenters. The SMILES string of the molecule is CN1C(=O)C(=O)N(Cc2ccccc2C(N)=S)C1=O. The number of nitrogens with two attached hydrogens (primary N) is 1. The molecule has 0 atom stereocenters. The van der Waals surface area contributed by atoms with Gasteiger partial charge in [0.15, 0.2) is 0 Å². The van der Waals surface area contributed by atoms with Gasteiger partial charge in [0, 0.05) is 12.6 Å². The predicted octanol–water partition coefficient (Wildman–Crippen LogP) is 0.241. The van der Waals surface area contributed by atoms with Gasteiger partial charge in [-0.05, 0) is 5.56 Å². The lowest BCUT2D eigenvalue weighted by Gasteiger charge is -2.15. The summed E-state index contributed by atoms with van der Waals surface area (Å²) in [6, 6.07) is 6.26. The van der Waals surface area contributed by atoms with Crippen molar-refractivity contribution in [3.63, 3.8) is 0 Å². The standard InChI is InChI=1S/C12H11N3O3S/c1-14-10(16)11(17)15(12(14)18)6-7-4-2-3-5-8(7)9(13)19/h2-5H,6H2,1H3,(H2,13,19). The fraction of sp³-hybridized carbons (Fsp3) is 0.167. The summed E-state index contributed by atoms with van der Waals surface area (Å²) in [5.74, 6) is -1.68. The van der Waals surface area contributed by atoms with Crippen molar-refractivity contribution in [3.8, 4) is 0 Å². The Bertz CT molecular complexity index is 600. The quantitative estimate of drug-likeness (QED) is 0.486. The van der Waals surface area contributed by atoms with Crippen LogP contribution in [0.3, 0.4) is 0 Å². The van der Waals surface area contributed by atoms with Crippen LogP contribution < -0.4 is 5.73 Å². The van der Waals surface area contributed by atoms with E-state index in [4.69, 9.17) is 18.0 Å². The van der Waals surface area contributed by atoms with E-state index in [0.29, 0.717) is 11.1 Å². The fourth-order valence-corrected chi connectivity index (χ4v) is 2.02. The molecule has 1 aromatic rings. The minimum Gasteiger partial charge on any atom is -0.389 e. The van der Waals surface area contributed by atoms with E-state index in [9.17, 15) is 14.4 Å². The first-order chi connectivity index (χ1) is 8.93. The molecule has 98 valence electrons. The first-order valence-electron chi connectivity index (χ1n) is 5.44. The van der Waals surface area contributed by atoms with Crippen molar-refractivity contribution in [1.29, 1.82) is 0 Å². The maximum atomic E-state index is 11.8. The van der Waals surface area contributed by atoms with Gasteiger partial charge < -0.3 is 5.73 Å². The first-order valence-corrected chi connectivity index (χ1v) is 5.85. The van der Waals surface area contributed by atoms with Gasteiger partial charge in [-0.15, -0.1) is 0 Å². The Labute approximate surface area is 114 Å². The maximum absolute atomic E-state index is 11.8. The molecule has 0 saturated carbocycles. The Morgan fingerprint density at radius 2 is 1.84 bits per heavy atom. The van der Waals surface area contributed by atoms with Gasteiger partial charge in [0.05, 0.1) is 6.54 Å². The van der Waals surface area contributed by atoms with Gasteiger partial charge in [-0.3, -0.25) is 19.4 Å². The number of amides is 4. The summed E-state index contributed by atoms with van der Waals surface area (Å²) in [7, 11) is 1.27. The third kappa shape index (κ3) is 2.19. The van der Waals surface area contributed by atoms with Gasteiger partial charge in [-0.25, -0.2) is 4.79 Å². The number of benzene rings is 1. The molecule has 0 aliphatic carbocycles. The number of rotatable bonds is 3. The van der Waals surface area contributed by atoms with Crippen LogP contribution in [0.2, 0.25) is 0 Å². The lowest BCUT2D eigenvalue weighted by atomic mass is 10.1. The van der Waals surface area contributed by atoms with E-state index in [0.717, 1.165) is 9.80 Å². The Balaban J connectivity index is 2.32. The number of imide groups is 2. The van der Waals surface area contributed by atoms with Crippen LogP contribution in [0.4, 0.5) is 4.79 Å². The zero-order valence-corrected chi connectivity index (χ0v) is 10.9. The second-order valence-corrected chi connectivity index (χ2v) is 4.50. The fourth-order valence-electron chi connectivity index (χ4n) is 1.82. The minimum absolute atomic E-state index is 0.0265. The van der Waals surface area contributed by atoms with Crippen LogP contribution in [0.5, 0.6) is 0 Å². The topological polar surface area (TPSA) is 83.7 Å². The van der Waals surface area contributed by atoms with Crippen molar-refractivity contribution in [3.05, 3.63) is 35.4 Å². The van der Waals surface area contributed by atoms with Crippen LogP contribution in [0.15, 0.2) is 24.3 Å². The molecule has 1 heterocycles. The minimum atomic E-state index is -0.842. The number of hydrogen-bond donors (Lipinski definition) is 1. The highest BCUT2D eigenvalue weighted by Crippen LogP contribution is 2.17. The Morgan fingerprint density at radius 3 is 2.37 bits per heavy atom. The highest BCUT2D eigenvalue weighted by atomic mass is 32.1. The lowest BCUT2D eigenvalue weighted by molar-refractivity contribution is -0.143. The maximum Gasteiger partial charge on any atom is 0.334 e. The summed E-state index contributed by atoms with van der Waals surface area (Å²) in [6.07, 6.45) is 0. The van der Waals surface area contributed by atoms with Crippen LogP contribution in [0.25, 0.3) is 0 Å². The van der Waals surface area contributed by atoms with Gasteiger partial charge in [-0.1, -0.05) is 36.5 Å². The monoisotopic (exact) mass is 277 g/mol. The van der Waals surface area contributed by atoms with Crippen molar-refractivity contribution in [2.75, 3.05) is 7.05 Å². The summed E-state index contributed by atoms with van der Waals surface area (Å²) in [6.45, 7) is -0.0265. The Kier molecular flexibility index (Phi) is 3.30. The highest BCUT2D eigenvalue weighted by molar-refractivity contribution is 7.80. The molecule has 1 fully saturated rings.